The van der Waals surface area contributed by atoms with Crippen molar-refractivity contribution in [3.05, 3.63) is 0 Å². The summed E-state index contributed by atoms with van der Waals surface area (Å²) < 4.78 is 0. The summed E-state index contributed by atoms with van der Waals surface area (Å²) in [5.41, 5.74) is 0.304. The van der Waals surface area contributed by atoms with Gasteiger partial charge in [0.05, 0.1) is 7.11 Å². The lowest BCUT2D eigenvalue weighted by molar-refractivity contribution is -0.171. The fourth-order valence-corrected chi connectivity index (χ4v) is 2.11. The van der Waals surface area contributed by atoms with Gasteiger partial charge in [0.1, 0.15) is 0 Å². The van der Waals surface area contributed by atoms with Crippen LogP contribution in [0.1, 0.15) is 53.9 Å². The first-order chi connectivity index (χ1) is 7.13. The van der Waals surface area contributed by atoms with Crippen LogP contribution in [0, 0.1) is 10.8 Å². The van der Waals surface area contributed by atoms with E-state index >= 15 is 0 Å². The van der Waals surface area contributed by atoms with Crippen LogP contribution in [0.25, 0.3) is 0 Å². The lowest BCUT2D eigenvalue weighted by Gasteiger charge is -2.34. The second-order valence-electron chi connectivity index (χ2n) is 6.11. The van der Waals surface area contributed by atoms with Gasteiger partial charge in [0.15, 0.2) is 0 Å². The van der Waals surface area contributed by atoms with Crippen molar-refractivity contribution in [1.82, 2.24) is 5.06 Å². The lowest BCUT2D eigenvalue weighted by atomic mass is 9.72. The molecule has 0 aliphatic carbocycles. The second kappa shape index (κ2) is 5.67. The van der Waals surface area contributed by atoms with Crippen LogP contribution in [0.4, 0.5) is 0 Å². The Hall–Kier alpha value is -0.570. The number of nitrogens with zero attached hydrogens (tertiary/aromatic N) is 1. The summed E-state index contributed by atoms with van der Waals surface area (Å²) in [5, 5.41) is 1.31. The van der Waals surface area contributed by atoms with Crippen LogP contribution in [-0.2, 0) is 9.63 Å². The Morgan fingerprint density at radius 2 is 1.69 bits per heavy atom. The van der Waals surface area contributed by atoms with Crippen LogP contribution in [-0.4, -0.2) is 25.1 Å². The van der Waals surface area contributed by atoms with E-state index in [2.05, 4.69) is 34.6 Å². The summed E-state index contributed by atoms with van der Waals surface area (Å²) >= 11 is 0. The summed E-state index contributed by atoms with van der Waals surface area (Å²) in [5.74, 6) is 0.0411. The van der Waals surface area contributed by atoms with Gasteiger partial charge in [0.2, 0.25) is 5.91 Å². The van der Waals surface area contributed by atoms with Gasteiger partial charge in [0, 0.05) is 13.5 Å². The minimum atomic E-state index is 0.0172. The molecule has 16 heavy (non-hydrogen) atoms. The van der Waals surface area contributed by atoms with Crippen LogP contribution < -0.4 is 0 Å². The van der Waals surface area contributed by atoms with Crippen LogP contribution in [0.15, 0.2) is 0 Å². The predicted octanol–water partition coefficient (Wildman–Crippen LogP) is 3.25. The zero-order valence-corrected chi connectivity index (χ0v) is 11.9. The summed E-state index contributed by atoms with van der Waals surface area (Å²) in [4.78, 5) is 16.7. The van der Waals surface area contributed by atoms with Crippen LogP contribution in [0.2, 0.25) is 0 Å². The minimum Gasteiger partial charge on any atom is -0.275 e. The largest absolute Gasteiger partial charge is 0.275 e. The maximum Gasteiger partial charge on any atom is 0.246 e. The Bertz CT molecular complexity index is 234. The third-order valence-electron chi connectivity index (χ3n) is 3.17. The van der Waals surface area contributed by atoms with E-state index in [1.807, 2.05) is 0 Å². The summed E-state index contributed by atoms with van der Waals surface area (Å²) in [6.45, 7) is 11.0. The molecule has 0 aromatic carbocycles. The molecule has 0 fully saturated rings. The molecule has 0 aromatic heterocycles. The van der Waals surface area contributed by atoms with Crippen molar-refractivity contribution in [2.45, 2.75) is 53.9 Å². The van der Waals surface area contributed by atoms with Gasteiger partial charge in [-0.05, 0) is 17.3 Å². The maximum atomic E-state index is 11.8. The van der Waals surface area contributed by atoms with Crippen molar-refractivity contribution in [1.29, 1.82) is 0 Å². The van der Waals surface area contributed by atoms with Crippen molar-refractivity contribution in [3.63, 3.8) is 0 Å². The molecule has 0 aliphatic rings. The van der Waals surface area contributed by atoms with Crippen molar-refractivity contribution in [2.24, 2.45) is 10.8 Å². The molecule has 0 aliphatic heterocycles. The molecule has 0 unspecified atom stereocenters. The third kappa shape index (κ3) is 5.50. The van der Waals surface area contributed by atoms with Gasteiger partial charge in [-0.15, -0.1) is 0 Å². The molecule has 0 N–H and O–H groups in total. The van der Waals surface area contributed by atoms with Gasteiger partial charge in [-0.2, -0.15) is 0 Å². The highest BCUT2D eigenvalue weighted by molar-refractivity contribution is 5.75. The molecule has 3 heteroatoms. The second-order valence-corrected chi connectivity index (χ2v) is 6.11. The highest BCUT2D eigenvalue weighted by Gasteiger charge is 2.30. The van der Waals surface area contributed by atoms with E-state index in [1.165, 1.54) is 12.2 Å². The zero-order valence-electron chi connectivity index (χ0n) is 11.9. The van der Waals surface area contributed by atoms with Gasteiger partial charge < -0.3 is 0 Å². The van der Waals surface area contributed by atoms with E-state index in [0.717, 1.165) is 12.8 Å². The molecule has 0 rings (SSSR count). The molecule has 0 radical (unpaired) electrons. The maximum absolute atomic E-state index is 11.8. The zero-order chi connectivity index (χ0) is 13.0. The highest BCUT2D eigenvalue weighted by Crippen LogP contribution is 2.38. The number of carbonyl (C=O) groups excluding carboxylic acids is 1. The van der Waals surface area contributed by atoms with Gasteiger partial charge in [-0.25, -0.2) is 5.06 Å². The number of hydrogen-bond acceptors (Lipinski definition) is 2. The average Bonchev–Trinajstić information content (AvgIpc) is 2.14. The Kier molecular flexibility index (Phi) is 5.47. The average molecular weight is 229 g/mol. The van der Waals surface area contributed by atoms with Crippen molar-refractivity contribution < 1.29 is 9.63 Å². The monoisotopic (exact) mass is 229 g/mol. The summed E-state index contributed by atoms with van der Waals surface area (Å²) in [6, 6.07) is 0. The first-order valence-electron chi connectivity index (χ1n) is 5.94. The SMILES string of the molecule is CCC(C)(C)CC(C)(C)CC(=O)N(C)OC. The van der Waals surface area contributed by atoms with E-state index in [9.17, 15) is 4.79 Å². The number of amides is 1. The number of hydrogen-bond donors (Lipinski definition) is 0. The van der Waals surface area contributed by atoms with Gasteiger partial charge >= 0.3 is 0 Å². The standard InChI is InChI=1S/C13H27NO2/c1-8-12(2,3)10-13(4,5)9-11(15)14(6)16-7/h8-10H2,1-7H3. The Labute approximate surface area is 100 Å². The quantitative estimate of drug-likeness (QED) is 0.654. The van der Waals surface area contributed by atoms with Gasteiger partial charge in [-0.3, -0.25) is 9.63 Å². The van der Waals surface area contributed by atoms with Crippen LogP contribution >= 0.6 is 0 Å². The summed E-state index contributed by atoms with van der Waals surface area (Å²) in [7, 11) is 3.17. The molecule has 0 atom stereocenters. The number of rotatable bonds is 6. The third-order valence-corrected chi connectivity index (χ3v) is 3.17. The molecule has 0 heterocycles. The molecule has 0 saturated heterocycles. The first kappa shape index (κ1) is 15.4. The molecular formula is C13H27NO2. The summed E-state index contributed by atoms with van der Waals surface area (Å²) in [6.07, 6.45) is 2.70. The first-order valence-corrected chi connectivity index (χ1v) is 5.94. The minimum absolute atomic E-state index is 0.0172. The van der Waals surface area contributed by atoms with Crippen molar-refractivity contribution in [2.75, 3.05) is 14.2 Å². The van der Waals surface area contributed by atoms with E-state index < -0.39 is 0 Å². The predicted molar refractivity (Wildman–Crippen MR) is 66.9 cm³/mol. The van der Waals surface area contributed by atoms with Gasteiger partial charge in [-0.1, -0.05) is 41.0 Å². The number of hydroxylamine groups is 2. The van der Waals surface area contributed by atoms with Gasteiger partial charge in [0.25, 0.3) is 0 Å². The Balaban J connectivity index is 4.40. The molecule has 3 nitrogen and oxygen atoms in total. The molecule has 0 saturated carbocycles. The number of carbonyl (C=O) groups is 1. The molecule has 0 aromatic rings. The Morgan fingerprint density at radius 3 is 2.06 bits per heavy atom. The molecule has 1 amide bonds. The van der Waals surface area contributed by atoms with Crippen LogP contribution in [0.3, 0.4) is 0 Å². The lowest BCUT2D eigenvalue weighted by Crippen LogP contribution is -2.32. The molecule has 0 spiro atoms. The molecule has 0 bridgehead atoms. The topological polar surface area (TPSA) is 29.5 Å². The Morgan fingerprint density at radius 1 is 1.19 bits per heavy atom. The highest BCUT2D eigenvalue weighted by atomic mass is 16.7. The fourth-order valence-electron chi connectivity index (χ4n) is 2.11. The normalized spacial score (nSPS) is 12.7. The van der Waals surface area contributed by atoms with Crippen molar-refractivity contribution in [3.8, 4) is 0 Å². The van der Waals surface area contributed by atoms with E-state index in [-0.39, 0.29) is 16.7 Å². The van der Waals surface area contributed by atoms with E-state index in [4.69, 9.17) is 4.84 Å². The smallest absolute Gasteiger partial charge is 0.246 e. The van der Waals surface area contributed by atoms with Crippen LogP contribution in [0.5, 0.6) is 0 Å². The molecule has 96 valence electrons. The fraction of sp³-hybridized carbons (Fsp3) is 0.923. The van der Waals surface area contributed by atoms with E-state index in [1.54, 1.807) is 7.05 Å². The molecular weight excluding hydrogens is 202 g/mol. The van der Waals surface area contributed by atoms with Crippen molar-refractivity contribution >= 4 is 5.91 Å². The van der Waals surface area contributed by atoms with E-state index in [0.29, 0.717) is 6.42 Å².